The van der Waals surface area contributed by atoms with E-state index in [4.69, 9.17) is 4.74 Å². The first-order valence-corrected chi connectivity index (χ1v) is 7.42. The zero-order chi connectivity index (χ0) is 13.6. The number of methoxy groups -OCH3 is 1. The molecule has 0 unspecified atom stereocenters. The molecule has 1 rings (SSSR count). The quantitative estimate of drug-likeness (QED) is 0.685. The van der Waals surface area contributed by atoms with Crippen molar-refractivity contribution in [3.8, 4) is 5.88 Å². The van der Waals surface area contributed by atoms with Crippen molar-refractivity contribution in [1.82, 2.24) is 10.2 Å². The molecule has 0 bridgehead atoms. The van der Waals surface area contributed by atoms with Crippen molar-refractivity contribution in [3.63, 3.8) is 0 Å². The van der Waals surface area contributed by atoms with E-state index in [1.54, 1.807) is 13.0 Å². The first-order valence-electron chi connectivity index (χ1n) is 5.60. The van der Waals surface area contributed by atoms with Crippen molar-refractivity contribution < 1.29 is 17.9 Å². The predicted molar refractivity (Wildman–Crippen MR) is 66.5 cm³/mol. The number of nitrogens with zero attached hydrogens (tertiary/aromatic N) is 2. The molecule has 6 nitrogen and oxygen atoms in total. The second kappa shape index (κ2) is 6.44. The van der Waals surface area contributed by atoms with Gasteiger partial charge in [0.15, 0.2) is 5.78 Å². The van der Waals surface area contributed by atoms with Crippen LogP contribution in [-0.2, 0) is 9.84 Å². The second-order valence-electron chi connectivity index (χ2n) is 3.72. The van der Waals surface area contributed by atoms with E-state index >= 15 is 0 Å². The van der Waals surface area contributed by atoms with E-state index in [1.165, 1.54) is 13.2 Å². The molecule has 0 aromatic carbocycles. The first kappa shape index (κ1) is 14.6. The summed E-state index contributed by atoms with van der Waals surface area (Å²) in [6, 6.07) is 3.06. The highest BCUT2D eigenvalue weighted by atomic mass is 32.2. The van der Waals surface area contributed by atoms with Crippen LogP contribution < -0.4 is 4.74 Å². The van der Waals surface area contributed by atoms with Gasteiger partial charge in [0, 0.05) is 18.2 Å². The molecule has 0 amide bonds. The number of ether oxygens (including phenoxy) is 1. The van der Waals surface area contributed by atoms with Gasteiger partial charge in [0.2, 0.25) is 5.88 Å². The van der Waals surface area contributed by atoms with Crippen LogP contribution >= 0.6 is 0 Å². The normalized spacial score (nSPS) is 11.2. The summed E-state index contributed by atoms with van der Waals surface area (Å²) in [5.41, 5.74) is 0.227. The second-order valence-corrected chi connectivity index (χ2v) is 6.20. The molecule has 0 saturated heterocycles. The maximum absolute atomic E-state index is 11.7. The molecule has 1 aromatic rings. The molecule has 0 aliphatic heterocycles. The summed E-state index contributed by atoms with van der Waals surface area (Å²) in [6.45, 7) is 1.59. The fourth-order valence-corrected chi connectivity index (χ4v) is 2.18. The lowest BCUT2D eigenvalue weighted by molar-refractivity contribution is 0.0976. The third-order valence-corrected chi connectivity index (χ3v) is 4.22. The van der Waals surface area contributed by atoms with Crippen LogP contribution in [0.4, 0.5) is 0 Å². The van der Waals surface area contributed by atoms with Gasteiger partial charge in [-0.15, -0.1) is 10.2 Å². The lowest BCUT2D eigenvalue weighted by Gasteiger charge is -2.02. The summed E-state index contributed by atoms with van der Waals surface area (Å²) in [7, 11) is -1.56. The number of Topliss-reactive ketones (excluding diaryl/α,β-unsaturated/α-hetero) is 1. The highest BCUT2D eigenvalue weighted by molar-refractivity contribution is 7.91. The largest absolute Gasteiger partial charge is 0.480 e. The number of carbonyl (C=O) groups is 1. The van der Waals surface area contributed by atoms with E-state index in [9.17, 15) is 13.2 Å². The Bertz CT molecular complexity index is 496. The molecule has 18 heavy (non-hydrogen) atoms. The van der Waals surface area contributed by atoms with E-state index in [-0.39, 0.29) is 29.4 Å². The van der Waals surface area contributed by atoms with E-state index in [1.807, 2.05) is 0 Å². The van der Waals surface area contributed by atoms with Crippen LogP contribution in [0.2, 0.25) is 0 Å². The lowest BCUT2D eigenvalue weighted by atomic mass is 10.2. The Morgan fingerprint density at radius 2 is 2.06 bits per heavy atom. The average molecular weight is 272 g/mol. The van der Waals surface area contributed by atoms with Crippen LogP contribution in [0.3, 0.4) is 0 Å². The Hall–Kier alpha value is -1.50. The molecule has 0 aliphatic carbocycles. The Labute approximate surface area is 106 Å². The molecular weight excluding hydrogens is 256 g/mol. The molecule has 0 atom stereocenters. The molecule has 0 aliphatic rings. The van der Waals surface area contributed by atoms with Gasteiger partial charge < -0.3 is 4.74 Å². The van der Waals surface area contributed by atoms with Gasteiger partial charge in [-0.2, -0.15) is 0 Å². The average Bonchev–Trinajstić information content (AvgIpc) is 2.38. The van der Waals surface area contributed by atoms with Crippen LogP contribution in [0.5, 0.6) is 5.88 Å². The standard InChI is InChI=1S/C11H16N2O4S/c1-3-18(15,16)8-4-5-10(14)9-6-7-11(17-2)13-12-9/h6-7H,3-5,8H2,1-2H3. The Balaban J connectivity index is 2.50. The number of aromatic nitrogens is 2. The zero-order valence-corrected chi connectivity index (χ0v) is 11.2. The Morgan fingerprint density at radius 3 is 2.56 bits per heavy atom. The molecule has 7 heteroatoms. The van der Waals surface area contributed by atoms with Crippen LogP contribution in [0.15, 0.2) is 12.1 Å². The van der Waals surface area contributed by atoms with Crippen molar-refractivity contribution in [3.05, 3.63) is 17.8 Å². The van der Waals surface area contributed by atoms with Crippen molar-refractivity contribution in [2.24, 2.45) is 0 Å². The monoisotopic (exact) mass is 272 g/mol. The fourth-order valence-electron chi connectivity index (χ4n) is 1.30. The van der Waals surface area contributed by atoms with Crippen LogP contribution in [0, 0.1) is 0 Å². The summed E-state index contributed by atoms with van der Waals surface area (Å²) < 4.78 is 27.3. The zero-order valence-electron chi connectivity index (χ0n) is 10.4. The van der Waals surface area contributed by atoms with Crippen LogP contribution in [-0.4, -0.2) is 43.0 Å². The minimum absolute atomic E-state index is 0.0266. The minimum Gasteiger partial charge on any atom is -0.480 e. The van der Waals surface area contributed by atoms with Crippen molar-refractivity contribution in [2.45, 2.75) is 19.8 Å². The lowest BCUT2D eigenvalue weighted by Crippen LogP contribution is -2.11. The summed E-state index contributed by atoms with van der Waals surface area (Å²) in [5.74, 6) is 0.249. The van der Waals surface area contributed by atoms with Gasteiger partial charge in [-0.25, -0.2) is 8.42 Å². The molecule has 0 spiro atoms. The smallest absolute Gasteiger partial charge is 0.233 e. The van der Waals surface area contributed by atoms with E-state index in [0.717, 1.165) is 0 Å². The summed E-state index contributed by atoms with van der Waals surface area (Å²) >= 11 is 0. The van der Waals surface area contributed by atoms with Gasteiger partial charge in [0.05, 0.1) is 12.9 Å². The number of ketones is 1. The summed E-state index contributed by atoms with van der Waals surface area (Å²) in [6.07, 6.45) is 0.461. The molecule has 1 aromatic heterocycles. The SMILES string of the molecule is CCS(=O)(=O)CCCC(=O)c1ccc(OC)nn1. The van der Waals surface area contributed by atoms with Gasteiger partial charge >= 0.3 is 0 Å². The number of rotatable bonds is 7. The number of sulfone groups is 1. The van der Waals surface area contributed by atoms with E-state index < -0.39 is 9.84 Å². The molecule has 0 radical (unpaired) electrons. The third-order valence-electron chi connectivity index (χ3n) is 2.43. The number of hydrogen-bond acceptors (Lipinski definition) is 6. The minimum atomic E-state index is -3.02. The Morgan fingerprint density at radius 1 is 1.33 bits per heavy atom. The molecule has 0 saturated carbocycles. The topological polar surface area (TPSA) is 86.2 Å². The van der Waals surface area contributed by atoms with Gasteiger partial charge in [0.25, 0.3) is 0 Å². The first-order chi connectivity index (χ1) is 8.48. The molecule has 0 fully saturated rings. The number of hydrogen-bond donors (Lipinski definition) is 0. The third kappa shape index (κ3) is 4.40. The molecule has 1 heterocycles. The van der Waals surface area contributed by atoms with Crippen LogP contribution in [0.1, 0.15) is 30.3 Å². The van der Waals surface area contributed by atoms with Crippen LogP contribution in [0.25, 0.3) is 0 Å². The Kier molecular flexibility index (Phi) is 5.21. The summed E-state index contributed by atoms with van der Waals surface area (Å²) in [4.78, 5) is 11.7. The van der Waals surface area contributed by atoms with Gasteiger partial charge in [-0.05, 0) is 12.5 Å². The van der Waals surface area contributed by atoms with Gasteiger partial charge in [-0.1, -0.05) is 6.92 Å². The molecule has 100 valence electrons. The number of carbonyl (C=O) groups excluding carboxylic acids is 1. The maximum atomic E-state index is 11.7. The van der Waals surface area contributed by atoms with Crippen molar-refractivity contribution in [1.29, 1.82) is 0 Å². The van der Waals surface area contributed by atoms with Gasteiger partial charge in [-0.3, -0.25) is 4.79 Å². The fraction of sp³-hybridized carbons (Fsp3) is 0.545. The van der Waals surface area contributed by atoms with Gasteiger partial charge in [0.1, 0.15) is 15.5 Å². The van der Waals surface area contributed by atoms with E-state index in [2.05, 4.69) is 10.2 Å². The highest BCUT2D eigenvalue weighted by Gasteiger charge is 2.12. The molecule has 0 N–H and O–H groups in total. The predicted octanol–water partition coefficient (Wildman–Crippen LogP) is 0.883. The maximum Gasteiger partial charge on any atom is 0.233 e. The summed E-state index contributed by atoms with van der Waals surface area (Å²) in [5, 5.41) is 7.39. The van der Waals surface area contributed by atoms with Crippen molar-refractivity contribution in [2.75, 3.05) is 18.6 Å². The van der Waals surface area contributed by atoms with Crippen molar-refractivity contribution >= 4 is 15.6 Å². The highest BCUT2D eigenvalue weighted by Crippen LogP contribution is 2.07. The molecular formula is C11H16N2O4S. The van der Waals surface area contributed by atoms with E-state index in [0.29, 0.717) is 12.3 Å².